The van der Waals surface area contributed by atoms with E-state index in [1.165, 1.54) is 5.56 Å². The summed E-state index contributed by atoms with van der Waals surface area (Å²) >= 11 is 0. The zero-order chi connectivity index (χ0) is 13.5. The quantitative estimate of drug-likeness (QED) is 0.777. The first-order valence-electron chi connectivity index (χ1n) is 6.75. The molecule has 0 aliphatic carbocycles. The predicted octanol–water partition coefficient (Wildman–Crippen LogP) is 1.20. The molecule has 104 valence electrons. The molecular formula is C14H21N3O2. The highest BCUT2D eigenvalue weighted by Gasteiger charge is 2.18. The van der Waals surface area contributed by atoms with E-state index in [2.05, 4.69) is 29.7 Å². The van der Waals surface area contributed by atoms with Crippen molar-refractivity contribution in [1.29, 1.82) is 0 Å². The number of hydrogen-bond acceptors (Lipinski definition) is 3. The molecule has 0 unspecified atom stereocenters. The predicted molar refractivity (Wildman–Crippen MR) is 74.3 cm³/mol. The van der Waals surface area contributed by atoms with Gasteiger partial charge in [0.05, 0.1) is 6.54 Å². The summed E-state index contributed by atoms with van der Waals surface area (Å²) in [5, 5.41) is 6.05. The van der Waals surface area contributed by atoms with Crippen LogP contribution in [0.25, 0.3) is 0 Å². The molecule has 0 aromatic heterocycles. The molecule has 19 heavy (non-hydrogen) atoms. The largest absolute Gasteiger partial charge is 0.492 e. The highest BCUT2D eigenvalue weighted by atomic mass is 16.5. The van der Waals surface area contributed by atoms with Crippen LogP contribution in [0.2, 0.25) is 0 Å². The molecule has 0 radical (unpaired) electrons. The molecule has 5 nitrogen and oxygen atoms in total. The number of ether oxygens (including phenoxy) is 1. The summed E-state index contributed by atoms with van der Waals surface area (Å²) in [5.74, 6) is 0.847. The Bertz CT molecular complexity index is 406. The molecule has 1 fully saturated rings. The van der Waals surface area contributed by atoms with Gasteiger partial charge in [0.2, 0.25) is 0 Å². The monoisotopic (exact) mass is 263 g/mol. The number of benzene rings is 1. The smallest absolute Gasteiger partial charge is 0.317 e. The molecule has 0 bridgehead atoms. The van der Waals surface area contributed by atoms with E-state index in [-0.39, 0.29) is 6.03 Å². The molecule has 2 N–H and O–H groups in total. The molecule has 1 aliphatic heterocycles. The maximum Gasteiger partial charge on any atom is 0.317 e. The van der Waals surface area contributed by atoms with Gasteiger partial charge in [0.25, 0.3) is 0 Å². The first-order chi connectivity index (χ1) is 9.29. The van der Waals surface area contributed by atoms with Crippen molar-refractivity contribution in [3.63, 3.8) is 0 Å². The first-order valence-corrected chi connectivity index (χ1v) is 6.75. The van der Waals surface area contributed by atoms with Gasteiger partial charge in [-0.1, -0.05) is 19.1 Å². The Balaban J connectivity index is 1.72. The molecule has 1 aromatic carbocycles. The van der Waals surface area contributed by atoms with Crippen LogP contribution < -0.4 is 15.4 Å². The van der Waals surface area contributed by atoms with Crippen LogP contribution in [0.5, 0.6) is 5.75 Å². The van der Waals surface area contributed by atoms with Gasteiger partial charge >= 0.3 is 6.03 Å². The van der Waals surface area contributed by atoms with Crippen LogP contribution in [-0.2, 0) is 6.54 Å². The Labute approximate surface area is 113 Å². The minimum absolute atomic E-state index is 0.00425. The van der Waals surface area contributed by atoms with Crippen LogP contribution >= 0.6 is 0 Å². The summed E-state index contributed by atoms with van der Waals surface area (Å²) in [7, 11) is 0. The Kier molecular flexibility index (Phi) is 5.03. The lowest BCUT2D eigenvalue weighted by Crippen LogP contribution is -2.31. The van der Waals surface area contributed by atoms with Gasteiger partial charge in [0.1, 0.15) is 12.4 Å². The van der Waals surface area contributed by atoms with E-state index in [1.807, 2.05) is 12.1 Å². The average molecular weight is 263 g/mol. The molecule has 2 rings (SSSR count). The Morgan fingerprint density at radius 2 is 2.16 bits per heavy atom. The minimum Gasteiger partial charge on any atom is -0.492 e. The molecule has 5 heteroatoms. The lowest BCUT2D eigenvalue weighted by molar-refractivity contribution is 0.202. The SMILES string of the molecule is CCNCc1ccc(OCCN2CCNC2=O)cc1. The molecule has 0 atom stereocenters. The van der Waals surface area contributed by atoms with Gasteiger partial charge in [0, 0.05) is 19.6 Å². The third kappa shape index (κ3) is 4.13. The summed E-state index contributed by atoms with van der Waals surface area (Å²) < 4.78 is 5.63. The molecule has 2 amide bonds. The summed E-state index contributed by atoms with van der Waals surface area (Å²) in [6, 6.07) is 8.05. The van der Waals surface area contributed by atoms with Crippen molar-refractivity contribution in [2.75, 3.05) is 32.8 Å². The van der Waals surface area contributed by atoms with Crippen molar-refractivity contribution in [2.45, 2.75) is 13.5 Å². The van der Waals surface area contributed by atoms with Crippen LogP contribution in [0, 0.1) is 0 Å². The van der Waals surface area contributed by atoms with Gasteiger partial charge < -0.3 is 20.3 Å². The highest BCUT2D eigenvalue weighted by molar-refractivity contribution is 5.76. The lowest BCUT2D eigenvalue weighted by Gasteiger charge is -2.14. The average Bonchev–Trinajstić information content (AvgIpc) is 2.84. The van der Waals surface area contributed by atoms with Crippen molar-refractivity contribution in [3.05, 3.63) is 29.8 Å². The van der Waals surface area contributed by atoms with E-state index in [0.29, 0.717) is 13.2 Å². The van der Waals surface area contributed by atoms with E-state index >= 15 is 0 Å². The fraction of sp³-hybridized carbons (Fsp3) is 0.500. The number of rotatable bonds is 7. The summed E-state index contributed by atoms with van der Waals surface area (Å²) in [6.07, 6.45) is 0. The molecule has 1 aromatic rings. The fourth-order valence-corrected chi connectivity index (χ4v) is 1.97. The van der Waals surface area contributed by atoms with Gasteiger partial charge in [-0.15, -0.1) is 0 Å². The van der Waals surface area contributed by atoms with E-state index in [1.54, 1.807) is 4.90 Å². The van der Waals surface area contributed by atoms with Crippen molar-refractivity contribution < 1.29 is 9.53 Å². The second kappa shape index (κ2) is 6.99. The van der Waals surface area contributed by atoms with E-state index in [4.69, 9.17) is 4.74 Å². The Morgan fingerprint density at radius 1 is 1.37 bits per heavy atom. The first kappa shape index (κ1) is 13.7. The molecule has 1 saturated heterocycles. The standard InChI is InChI=1S/C14H21N3O2/c1-2-15-11-12-3-5-13(6-4-12)19-10-9-17-8-7-16-14(17)18/h3-6,15H,2,7-11H2,1H3,(H,16,18). The molecule has 1 aliphatic rings. The van der Waals surface area contributed by atoms with Crippen LogP contribution in [0.4, 0.5) is 4.79 Å². The number of carbonyl (C=O) groups is 1. The number of urea groups is 1. The normalized spacial score (nSPS) is 14.6. The zero-order valence-electron chi connectivity index (χ0n) is 11.3. The lowest BCUT2D eigenvalue weighted by atomic mass is 10.2. The number of nitrogens with zero attached hydrogens (tertiary/aromatic N) is 1. The van der Waals surface area contributed by atoms with Crippen LogP contribution in [-0.4, -0.2) is 43.7 Å². The number of amides is 2. The maximum absolute atomic E-state index is 11.3. The molecular weight excluding hydrogens is 242 g/mol. The summed E-state index contributed by atoms with van der Waals surface area (Å²) in [5.41, 5.74) is 1.24. The second-order valence-corrected chi connectivity index (χ2v) is 4.49. The van der Waals surface area contributed by atoms with E-state index in [9.17, 15) is 4.79 Å². The third-order valence-electron chi connectivity index (χ3n) is 3.08. The zero-order valence-corrected chi connectivity index (χ0v) is 11.3. The van der Waals surface area contributed by atoms with Gasteiger partial charge in [0.15, 0.2) is 0 Å². The summed E-state index contributed by atoms with van der Waals surface area (Å²) in [4.78, 5) is 13.1. The molecule has 1 heterocycles. The van der Waals surface area contributed by atoms with Gasteiger partial charge in [-0.3, -0.25) is 0 Å². The maximum atomic E-state index is 11.3. The topological polar surface area (TPSA) is 53.6 Å². The fourth-order valence-electron chi connectivity index (χ4n) is 1.97. The molecule has 0 saturated carbocycles. The van der Waals surface area contributed by atoms with Crippen LogP contribution in [0.15, 0.2) is 24.3 Å². The number of hydrogen-bond donors (Lipinski definition) is 2. The Hall–Kier alpha value is -1.75. The second-order valence-electron chi connectivity index (χ2n) is 4.49. The van der Waals surface area contributed by atoms with Crippen molar-refractivity contribution in [3.8, 4) is 5.75 Å². The van der Waals surface area contributed by atoms with Gasteiger partial charge in [-0.2, -0.15) is 0 Å². The highest BCUT2D eigenvalue weighted by Crippen LogP contribution is 2.12. The van der Waals surface area contributed by atoms with Crippen molar-refractivity contribution >= 4 is 6.03 Å². The van der Waals surface area contributed by atoms with Crippen LogP contribution in [0.1, 0.15) is 12.5 Å². The van der Waals surface area contributed by atoms with E-state index in [0.717, 1.165) is 31.9 Å². The van der Waals surface area contributed by atoms with Crippen LogP contribution in [0.3, 0.4) is 0 Å². The molecule has 0 spiro atoms. The van der Waals surface area contributed by atoms with Gasteiger partial charge in [-0.25, -0.2) is 4.79 Å². The number of nitrogens with one attached hydrogen (secondary N) is 2. The van der Waals surface area contributed by atoms with Crippen molar-refractivity contribution in [2.24, 2.45) is 0 Å². The minimum atomic E-state index is 0.00425. The third-order valence-corrected chi connectivity index (χ3v) is 3.08. The van der Waals surface area contributed by atoms with E-state index < -0.39 is 0 Å². The van der Waals surface area contributed by atoms with Crippen molar-refractivity contribution in [1.82, 2.24) is 15.5 Å². The Morgan fingerprint density at radius 3 is 2.79 bits per heavy atom. The summed E-state index contributed by atoms with van der Waals surface area (Å²) in [6.45, 7) is 6.60. The van der Waals surface area contributed by atoms with Gasteiger partial charge in [-0.05, 0) is 24.2 Å². The number of carbonyl (C=O) groups excluding carboxylic acids is 1.